The molecule has 0 saturated heterocycles. The van der Waals surface area contributed by atoms with Crippen molar-refractivity contribution in [3.05, 3.63) is 30.4 Å². The molecule has 6 nitrogen and oxygen atoms in total. The van der Waals surface area contributed by atoms with Gasteiger partial charge in [-0.2, -0.15) is 0 Å². The Morgan fingerprint density at radius 1 is 1.24 bits per heavy atom. The Morgan fingerprint density at radius 2 is 2.06 bits per heavy atom. The number of hydrogen-bond acceptors (Lipinski definition) is 6. The summed E-state index contributed by atoms with van der Waals surface area (Å²) in [6.45, 7) is 4.12. The van der Waals surface area contributed by atoms with Crippen LogP contribution in [-0.4, -0.2) is 19.9 Å². The van der Waals surface area contributed by atoms with Gasteiger partial charge in [0.2, 0.25) is 0 Å². The van der Waals surface area contributed by atoms with Crippen molar-refractivity contribution < 1.29 is 0 Å². The summed E-state index contributed by atoms with van der Waals surface area (Å²) in [5.41, 5.74) is 4.07. The maximum Gasteiger partial charge on any atom is 0.182 e. The highest BCUT2D eigenvalue weighted by atomic mass is 15.3. The fourth-order valence-electron chi connectivity index (χ4n) is 1.36. The first kappa shape index (κ1) is 11.4. The van der Waals surface area contributed by atoms with E-state index >= 15 is 0 Å². The molecular weight excluding hydrogens is 216 g/mol. The number of nitrogens with one attached hydrogen (secondary N) is 1. The van der Waals surface area contributed by atoms with Gasteiger partial charge in [-0.05, 0) is 5.92 Å². The van der Waals surface area contributed by atoms with Crippen LogP contribution in [0.25, 0.3) is 11.5 Å². The van der Waals surface area contributed by atoms with Crippen LogP contribution in [0.5, 0.6) is 0 Å². The molecule has 2 aromatic heterocycles. The van der Waals surface area contributed by atoms with E-state index in [1.165, 1.54) is 0 Å². The molecule has 0 fully saturated rings. The van der Waals surface area contributed by atoms with Crippen molar-refractivity contribution in [2.24, 2.45) is 5.84 Å². The summed E-state index contributed by atoms with van der Waals surface area (Å²) < 4.78 is 0. The number of nitrogens with two attached hydrogens (primary N) is 1. The van der Waals surface area contributed by atoms with Gasteiger partial charge in [0, 0.05) is 24.2 Å². The SMILES string of the molecule is CC(C)c1cc(NN)nc(-c2cnccn2)n1. The Morgan fingerprint density at radius 3 is 2.65 bits per heavy atom. The monoisotopic (exact) mass is 230 g/mol. The molecule has 6 heteroatoms. The fraction of sp³-hybridized carbons (Fsp3) is 0.273. The number of nitrogen functional groups attached to an aromatic ring is 1. The van der Waals surface area contributed by atoms with Crippen molar-refractivity contribution in [1.82, 2.24) is 19.9 Å². The summed E-state index contributed by atoms with van der Waals surface area (Å²) in [6.07, 6.45) is 4.84. The average Bonchev–Trinajstić information content (AvgIpc) is 2.39. The molecule has 0 spiro atoms. The molecule has 0 bridgehead atoms. The van der Waals surface area contributed by atoms with Crippen LogP contribution in [-0.2, 0) is 0 Å². The number of hydrogen-bond donors (Lipinski definition) is 2. The zero-order valence-electron chi connectivity index (χ0n) is 9.75. The van der Waals surface area contributed by atoms with Crippen molar-refractivity contribution in [2.75, 3.05) is 5.43 Å². The molecule has 2 aromatic rings. The maximum absolute atomic E-state index is 5.39. The van der Waals surface area contributed by atoms with E-state index < -0.39 is 0 Å². The molecule has 3 N–H and O–H groups in total. The lowest BCUT2D eigenvalue weighted by Gasteiger charge is -2.09. The van der Waals surface area contributed by atoms with E-state index in [0.717, 1.165) is 5.69 Å². The zero-order valence-corrected chi connectivity index (χ0v) is 9.75. The molecule has 0 aliphatic rings. The van der Waals surface area contributed by atoms with Gasteiger partial charge >= 0.3 is 0 Å². The summed E-state index contributed by atoms with van der Waals surface area (Å²) in [5.74, 6) is 6.78. The lowest BCUT2D eigenvalue weighted by atomic mass is 10.1. The quantitative estimate of drug-likeness (QED) is 0.611. The molecule has 2 rings (SSSR count). The van der Waals surface area contributed by atoms with Gasteiger partial charge in [0.1, 0.15) is 11.5 Å². The molecule has 0 atom stereocenters. The first-order valence-electron chi connectivity index (χ1n) is 5.32. The number of aromatic nitrogens is 4. The van der Waals surface area contributed by atoms with E-state index in [4.69, 9.17) is 5.84 Å². The topological polar surface area (TPSA) is 89.6 Å². The van der Waals surface area contributed by atoms with Crippen LogP contribution in [0.15, 0.2) is 24.7 Å². The second-order valence-corrected chi connectivity index (χ2v) is 3.89. The average molecular weight is 230 g/mol. The molecule has 0 radical (unpaired) electrons. The van der Waals surface area contributed by atoms with Gasteiger partial charge in [0.05, 0.1) is 6.20 Å². The molecule has 0 aromatic carbocycles. The van der Waals surface area contributed by atoms with E-state index in [-0.39, 0.29) is 0 Å². The molecule has 0 unspecified atom stereocenters. The highest BCUT2D eigenvalue weighted by Crippen LogP contribution is 2.19. The van der Waals surface area contributed by atoms with Gasteiger partial charge in [-0.25, -0.2) is 20.8 Å². The number of rotatable bonds is 3. The van der Waals surface area contributed by atoms with Gasteiger partial charge in [-0.15, -0.1) is 0 Å². The molecule has 0 saturated carbocycles. The van der Waals surface area contributed by atoms with Crippen LogP contribution >= 0.6 is 0 Å². The third kappa shape index (κ3) is 2.54. The number of hydrazine groups is 1. The van der Waals surface area contributed by atoms with Gasteiger partial charge in [-0.3, -0.25) is 4.98 Å². The maximum atomic E-state index is 5.39. The van der Waals surface area contributed by atoms with Gasteiger partial charge in [0.25, 0.3) is 0 Å². The fourth-order valence-corrected chi connectivity index (χ4v) is 1.36. The zero-order chi connectivity index (χ0) is 12.3. The highest BCUT2D eigenvalue weighted by molar-refractivity contribution is 5.51. The van der Waals surface area contributed by atoms with Gasteiger partial charge < -0.3 is 5.43 Å². The highest BCUT2D eigenvalue weighted by Gasteiger charge is 2.09. The van der Waals surface area contributed by atoms with E-state index in [0.29, 0.717) is 23.3 Å². The van der Waals surface area contributed by atoms with Crippen LogP contribution in [0.3, 0.4) is 0 Å². The van der Waals surface area contributed by atoms with Crippen LogP contribution in [0.4, 0.5) is 5.82 Å². The molecule has 0 amide bonds. The van der Waals surface area contributed by atoms with Crippen molar-refractivity contribution in [3.8, 4) is 11.5 Å². The minimum absolute atomic E-state index is 0.292. The number of anilines is 1. The Balaban J connectivity index is 2.50. The minimum atomic E-state index is 0.292. The summed E-state index contributed by atoms with van der Waals surface area (Å²) in [4.78, 5) is 16.9. The first-order chi connectivity index (χ1) is 8.20. The molecule has 0 aliphatic carbocycles. The summed E-state index contributed by atoms with van der Waals surface area (Å²) in [6, 6.07) is 1.82. The van der Waals surface area contributed by atoms with Crippen molar-refractivity contribution in [2.45, 2.75) is 19.8 Å². The van der Waals surface area contributed by atoms with Crippen LogP contribution < -0.4 is 11.3 Å². The largest absolute Gasteiger partial charge is 0.308 e. The summed E-state index contributed by atoms with van der Waals surface area (Å²) in [5, 5.41) is 0. The first-order valence-corrected chi connectivity index (χ1v) is 5.32. The van der Waals surface area contributed by atoms with Crippen LogP contribution in [0, 0.1) is 0 Å². The Bertz CT molecular complexity index is 497. The van der Waals surface area contributed by atoms with E-state index in [1.54, 1.807) is 18.6 Å². The Kier molecular flexibility index (Phi) is 3.24. The van der Waals surface area contributed by atoms with E-state index in [1.807, 2.05) is 6.07 Å². The van der Waals surface area contributed by atoms with Crippen molar-refractivity contribution in [3.63, 3.8) is 0 Å². The third-order valence-electron chi connectivity index (χ3n) is 2.28. The Hall–Kier alpha value is -2.08. The normalized spacial score (nSPS) is 10.6. The molecule has 0 aliphatic heterocycles. The Labute approximate surface area is 99.3 Å². The van der Waals surface area contributed by atoms with Crippen LogP contribution in [0.2, 0.25) is 0 Å². The third-order valence-corrected chi connectivity index (χ3v) is 2.28. The lowest BCUT2D eigenvalue weighted by molar-refractivity contribution is 0.816. The van der Waals surface area contributed by atoms with E-state index in [9.17, 15) is 0 Å². The van der Waals surface area contributed by atoms with Crippen LogP contribution in [0.1, 0.15) is 25.5 Å². The molecule has 2 heterocycles. The summed E-state index contributed by atoms with van der Waals surface area (Å²) in [7, 11) is 0. The van der Waals surface area contributed by atoms with Gasteiger partial charge in [0.15, 0.2) is 5.82 Å². The van der Waals surface area contributed by atoms with Crippen molar-refractivity contribution >= 4 is 5.82 Å². The second-order valence-electron chi connectivity index (χ2n) is 3.89. The second kappa shape index (κ2) is 4.84. The number of nitrogens with zero attached hydrogens (tertiary/aromatic N) is 4. The van der Waals surface area contributed by atoms with Crippen molar-refractivity contribution in [1.29, 1.82) is 0 Å². The predicted molar refractivity (Wildman–Crippen MR) is 65.0 cm³/mol. The molecular formula is C11H14N6. The molecule has 17 heavy (non-hydrogen) atoms. The standard InChI is InChI=1S/C11H14N6/c1-7(2)8-5-10(17-12)16-11(15-8)9-6-13-3-4-14-9/h3-7H,12H2,1-2H3,(H,15,16,17). The predicted octanol–water partition coefficient (Wildman–Crippen LogP) is 1.34. The molecule has 88 valence electrons. The smallest absolute Gasteiger partial charge is 0.182 e. The summed E-state index contributed by atoms with van der Waals surface area (Å²) >= 11 is 0. The van der Waals surface area contributed by atoms with Gasteiger partial charge in [-0.1, -0.05) is 13.8 Å². The minimum Gasteiger partial charge on any atom is -0.308 e. The van der Waals surface area contributed by atoms with E-state index in [2.05, 4.69) is 39.2 Å². The lowest BCUT2D eigenvalue weighted by Crippen LogP contribution is -2.11.